The largest absolute Gasteiger partial charge is 0.490 e. The molecule has 0 fully saturated rings. The molecule has 0 spiro atoms. The van der Waals surface area contributed by atoms with Crippen molar-refractivity contribution < 1.29 is 28.5 Å². The minimum atomic E-state index is -0.422. The van der Waals surface area contributed by atoms with Gasteiger partial charge in [0.05, 0.1) is 31.1 Å². The zero-order chi connectivity index (χ0) is 28.0. The molecule has 0 unspecified atom stereocenters. The van der Waals surface area contributed by atoms with Crippen molar-refractivity contribution in [3.05, 3.63) is 76.8 Å². The van der Waals surface area contributed by atoms with Gasteiger partial charge >= 0.3 is 0 Å². The summed E-state index contributed by atoms with van der Waals surface area (Å²) >= 11 is 6.44. The Morgan fingerprint density at radius 3 is 2.33 bits per heavy atom. The van der Waals surface area contributed by atoms with Gasteiger partial charge in [-0.25, -0.2) is 5.43 Å². The van der Waals surface area contributed by atoms with Crippen LogP contribution in [0, 0.1) is 0 Å². The second kappa shape index (κ2) is 15.2. The van der Waals surface area contributed by atoms with Gasteiger partial charge in [-0.1, -0.05) is 36.7 Å². The highest BCUT2D eigenvalue weighted by Crippen LogP contribution is 2.36. The van der Waals surface area contributed by atoms with E-state index < -0.39 is 5.91 Å². The number of ether oxygens (including phenoxy) is 4. The lowest BCUT2D eigenvalue weighted by atomic mass is 10.2. The van der Waals surface area contributed by atoms with E-state index in [1.54, 1.807) is 42.5 Å². The summed E-state index contributed by atoms with van der Waals surface area (Å²) in [6.07, 6.45) is 2.29. The molecule has 0 radical (unpaired) electrons. The molecule has 9 nitrogen and oxygen atoms in total. The number of rotatable bonds is 14. The highest BCUT2D eigenvalue weighted by molar-refractivity contribution is 6.32. The van der Waals surface area contributed by atoms with Crippen LogP contribution in [0.2, 0.25) is 5.02 Å². The predicted molar refractivity (Wildman–Crippen MR) is 152 cm³/mol. The van der Waals surface area contributed by atoms with E-state index in [0.29, 0.717) is 53.9 Å². The van der Waals surface area contributed by atoms with Crippen LogP contribution in [0.5, 0.6) is 23.0 Å². The lowest BCUT2D eigenvalue weighted by Crippen LogP contribution is -2.20. The Labute approximate surface area is 233 Å². The number of nitrogens with one attached hydrogen (secondary N) is 2. The third-order valence-corrected chi connectivity index (χ3v) is 5.36. The van der Waals surface area contributed by atoms with E-state index in [0.717, 1.165) is 6.42 Å². The van der Waals surface area contributed by atoms with Crippen molar-refractivity contribution >= 4 is 35.3 Å². The van der Waals surface area contributed by atoms with Crippen LogP contribution in [0.3, 0.4) is 0 Å². The van der Waals surface area contributed by atoms with Gasteiger partial charge in [0.1, 0.15) is 0 Å². The van der Waals surface area contributed by atoms with Gasteiger partial charge in [-0.05, 0) is 68.3 Å². The molecule has 0 aliphatic rings. The van der Waals surface area contributed by atoms with Crippen LogP contribution in [-0.4, -0.2) is 44.5 Å². The Hall–Kier alpha value is -4.24. The lowest BCUT2D eigenvalue weighted by molar-refractivity contribution is -0.118. The summed E-state index contributed by atoms with van der Waals surface area (Å²) < 4.78 is 22.6. The standard InChI is InChI=1S/C29H32ClN3O6/c1-4-14-38-24-13-12-21(17-25(24)36-5-2)29(35)33-31-18-20-15-23(30)28(26(16-20)37-6-3)39-19-27(34)32-22-10-8-7-9-11-22/h7-13,15-18H,4-6,14,19H2,1-3H3,(H,32,34)(H,33,35)/b31-18+. The maximum Gasteiger partial charge on any atom is 0.271 e. The zero-order valence-electron chi connectivity index (χ0n) is 22.2. The number of hydrogen-bond donors (Lipinski definition) is 2. The minimum absolute atomic E-state index is 0.227. The number of carbonyl (C=O) groups is 2. The van der Waals surface area contributed by atoms with Crippen molar-refractivity contribution in [2.75, 3.05) is 31.7 Å². The number of carbonyl (C=O) groups excluding carboxylic acids is 2. The SMILES string of the molecule is CCCOc1ccc(C(=O)N/N=C/c2cc(Cl)c(OCC(=O)Nc3ccccc3)c(OCC)c2)cc1OCC. The molecule has 0 aliphatic carbocycles. The van der Waals surface area contributed by atoms with Gasteiger partial charge in [-0.3, -0.25) is 9.59 Å². The molecule has 206 valence electrons. The summed E-state index contributed by atoms with van der Waals surface area (Å²) in [5.74, 6) is 0.881. The molecule has 0 saturated heterocycles. The Kier molecular flexibility index (Phi) is 11.5. The fourth-order valence-corrected chi connectivity index (χ4v) is 3.67. The first-order valence-electron chi connectivity index (χ1n) is 12.6. The van der Waals surface area contributed by atoms with Gasteiger partial charge in [0, 0.05) is 11.3 Å². The Bertz CT molecular complexity index is 1280. The molecule has 39 heavy (non-hydrogen) atoms. The first kappa shape index (κ1) is 29.3. The summed E-state index contributed by atoms with van der Waals surface area (Å²) in [6.45, 7) is 6.76. The van der Waals surface area contributed by atoms with Crippen LogP contribution >= 0.6 is 11.6 Å². The van der Waals surface area contributed by atoms with E-state index in [4.69, 9.17) is 30.5 Å². The molecule has 10 heteroatoms. The summed E-state index contributed by atoms with van der Waals surface area (Å²) in [6, 6.07) is 17.3. The number of para-hydroxylation sites is 1. The van der Waals surface area contributed by atoms with Gasteiger partial charge in [0.15, 0.2) is 29.6 Å². The number of hydrogen-bond acceptors (Lipinski definition) is 7. The molecule has 0 saturated carbocycles. The molecule has 2 amide bonds. The number of hydrazone groups is 1. The van der Waals surface area contributed by atoms with E-state index in [9.17, 15) is 9.59 Å². The van der Waals surface area contributed by atoms with Crippen molar-refractivity contribution in [1.29, 1.82) is 0 Å². The maximum atomic E-state index is 12.7. The molecule has 0 aliphatic heterocycles. The molecule has 0 bridgehead atoms. The minimum Gasteiger partial charge on any atom is -0.490 e. The van der Waals surface area contributed by atoms with E-state index in [2.05, 4.69) is 15.8 Å². The first-order chi connectivity index (χ1) is 18.9. The maximum absolute atomic E-state index is 12.7. The third-order valence-electron chi connectivity index (χ3n) is 5.08. The Balaban J connectivity index is 1.66. The predicted octanol–water partition coefficient (Wildman–Crippen LogP) is 5.71. The molecular formula is C29H32ClN3O6. The normalized spacial score (nSPS) is 10.7. The van der Waals surface area contributed by atoms with Gasteiger partial charge in [-0.2, -0.15) is 5.10 Å². The zero-order valence-corrected chi connectivity index (χ0v) is 22.9. The molecule has 0 aromatic heterocycles. The fraction of sp³-hybridized carbons (Fsp3) is 0.276. The molecule has 3 rings (SSSR count). The summed E-state index contributed by atoms with van der Waals surface area (Å²) in [4.78, 5) is 24.9. The average Bonchev–Trinajstić information content (AvgIpc) is 2.92. The van der Waals surface area contributed by atoms with Crippen LogP contribution in [0.15, 0.2) is 65.8 Å². The molecule has 0 heterocycles. The van der Waals surface area contributed by atoms with Crippen molar-refractivity contribution in [1.82, 2.24) is 5.43 Å². The topological polar surface area (TPSA) is 107 Å². The number of halogens is 1. The third kappa shape index (κ3) is 8.93. The van der Waals surface area contributed by atoms with Gasteiger partial charge < -0.3 is 24.3 Å². The number of anilines is 1. The van der Waals surface area contributed by atoms with Gasteiger partial charge in [0.25, 0.3) is 11.8 Å². The quantitative estimate of drug-likeness (QED) is 0.196. The summed E-state index contributed by atoms with van der Waals surface area (Å²) in [5.41, 5.74) is 4.08. The number of benzene rings is 3. The molecule has 2 N–H and O–H groups in total. The number of nitrogens with zero attached hydrogens (tertiary/aromatic N) is 1. The monoisotopic (exact) mass is 553 g/mol. The second-order valence-electron chi connectivity index (χ2n) is 8.11. The van der Waals surface area contributed by atoms with E-state index in [-0.39, 0.29) is 23.3 Å². The average molecular weight is 554 g/mol. The first-order valence-corrected chi connectivity index (χ1v) is 13.0. The van der Waals surface area contributed by atoms with Crippen molar-refractivity contribution in [2.24, 2.45) is 5.10 Å². The van der Waals surface area contributed by atoms with Crippen LogP contribution < -0.4 is 29.7 Å². The van der Waals surface area contributed by atoms with E-state index >= 15 is 0 Å². The summed E-state index contributed by atoms with van der Waals surface area (Å²) in [7, 11) is 0. The van der Waals surface area contributed by atoms with Crippen LogP contribution in [0.25, 0.3) is 0 Å². The van der Waals surface area contributed by atoms with Crippen LogP contribution in [0.4, 0.5) is 5.69 Å². The van der Waals surface area contributed by atoms with Crippen molar-refractivity contribution in [3.8, 4) is 23.0 Å². The summed E-state index contributed by atoms with van der Waals surface area (Å²) in [5, 5.41) is 7.01. The smallest absolute Gasteiger partial charge is 0.271 e. The van der Waals surface area contributed by atoms with Crippen molar-refractivity contribution in [2.45, 2.75) is 27.2 Å². The van der Waals surface area contributed by atoms with Crippen LogP contribution in [-0.2, 0) is 4.79 Å². The highest BCUT2D eigenvalue weighted by atomic mass is 35.5. The van der Waals surface area contributed by atoms with Gasteiger partial charge in [0.2, 0.25) is 0 Å². The molecular weight excluding hydrogens is 522 g/mol. The number of amides is 2. The van der Waals surface area contributed by atoms with E-state index in [1.165, 1.54) is 6.21 Å². The molecule has 0 atom stereocenters. The Morgan fingerprint density at radius 2 is 1.62 bits per heavy atom. The molecule has 3 aromatic carbocycles. The van der Waals surface area contributed by atoms with Crippen LogP contribution in [0.1, 0.15) is 43.1 Å². The van der Waals surface area contributed by atoms with Gasteiger partial charge in [-0.15, -0.1) is 0 Å². The van der Waals surface area contributed by atoms with E-state index in [1.807, 2.05) is 39.0 Å². The lowest BCUT2D eigenvalue weighted by Gasteiger charge is -2.14. The molecule has 3 aromatic rings. The highest BCUT2D eigenvalue weighted by Gasteiger charge is 2.15. The second-order valence-corrected chi connectivity index (χ2v) is 8.52. The fourth-order valence-electron chi connectivity index (χ4n) is 3.40. The van der Waals surface area contributed by atoms with Crippen molar-refractivity contribution in [3.63, 3.8) is 0 Å². The Morgan fingerprint density at radius 1 is 0.872 bits per heavy atom.